The Morgan fingerprint density at radius 3 is 2.51 bits per heavy atom. The van der Waals surface area contributed by atoms with E-state index in [0.717, 1.165) is 28.6 Å². The van der Waals surface area contributed by atoms with Gasteiger partial charge in [-0.3, -0.25) is 19.3 Å². The van der Waals surface area contributed by atoms with Crippen LogP contribution in [0, 0.1) is 6.92 Å². The molecule has 4 rings (SSSR count). The molecule has 1 fully saturated rings. The van der Waals surface area contributed by atoms with E-state index in [2.05, 4.69) is 5.32 Å². The molecule has 3 amide bonds. The van der Waals surface area contributed by atoms with E-state index in [1.807, 2.05) is 19.1 Å². The second-order valence-corrected chi connectivity index (χ2v) is 8.85. The molecule has 0 spiro atoms. The second kappa shape index (κ2) is 10.0. The first kappa shape index (κ1) is 24.0. The van der Waals surface area contributed by atoms with Crippen molar-refractivity contribution in [3.63, 3.8) is 0 Å². The smallest absolute Gasteiger partial charge is 0.335 e. The van der Waals surface area contributed by atoms with E-state index >= 15 is 0 Å². The lowest BCUT2D eigenvalue weighted by Crippen LogP contribution is -2.36. The minimum absolute atomic E-state index is 0.131. The number of carbonyl (C=O) groups excluding carboxylic acids is 3. The average Bonchev–Trinajstić information content (AvgIpc) is 3.39. The summed E-state index contributed by atoms with van der Waals surface area (Å²) in [5, 5.41) is 11.5. The highest BCUT2D eigenvalue weighted by molar-refractivity contribution is 8.18. The lowest BCUT2D eigenvalue weighted by molar-refractivity contribution is -0.127. The van der Waals surface area contributed by atoms with Gasteiger partial charge in [0, 0.05) is 17.3 Å². The number of thioether (sulfide) groups is 1. The molecule has 1 aliphatic rings. The molecule has 0 aliphatic carbocycles. The molecule has 2 aromatic carbocycles. The maximum absolute atomic E-state index is 12.8. The van der Waals surface area contributed by atoms with Gasteiger partial charge in [-0.2, -0.15) is 0 Å². The van der Waals surface area contributed by atoms with Gasteiger partial charge in [0.2, 0.25) is 5.91 Å². The monoisotopic (exact) mass is 490 g/mol. The van der Waals surface area contributed by atoms with Gasteiger partial charge in [0.25, 0.3) is 11.1 Å². The van der Waals surface area contributed by atoms with E-state index < -0.39 is 29.6 Å². The Hall–Kier alpha value is -4.11. The Morgan fingerprint density at radius 2 is 1.83 bits per heavy atom. The zero-order valence-electron chi connectivity index (χ0n) is 19.0. The third kappa shape index (κ3) is 5.20. The fraction of sp³-hybridized carbons (Fsp3) is 0.154. The number of nitrogens with zero attached hydrogens (tertiary/aromatic N) is 1. The van der Waals surface area contributed by atoms with Crippen LogP contribution in [-0.4, -0.2) is 39.6 Å². The number of benzene rings is 2. The first-order chi connectivity index (χ1) is 16.8. The molecular formula is C26H22N2O6S. The number of furan rings is 1. The fourth-order valence-electron chi connectivity index (χ4n) is 3.64. The van der Waals surface area contributed by atoms with Gasteiger partial charge >= 0.3 is 5.97 Å². The largest absolute Gasteiger partial charge is 0.478 e. The van der Waals surface area contributed by atoms with Crippen LogP contribution < -0.4 is 5.32 Å². The van der Waals surface area contributed by atoms with Crippen molar-refractivity contribution in [3.8, 4) is 11.3 Å². The van der Waals surface area contributed by atoms with Crippen molar-refractivity contribution < 1.29 is 28.7 Å². The summed E-state index contributed by atoms with van der Waals surface area (Å²) >= 11 is 0.725. The predicted octanol–water partition coefficient (Wildman–Crippen LogP) is 5.19. The van der Waals surface area contributed by atoms with Gasteiger partial charge in [0.05, 0.1) is 10.5 Å². The van der Waals surface area contributed by atoms with E-state index in [0.29, 0.717) is 28.3 Å². The van der Waals surface area contributed by atoms with Crippen LogP contribution in [0.5, 0.6) is 0 Å². The number of aryl methyl sites for hydroxylation is 1. The Labute approximate surface area is 205 Å². The number of rotatable bonds is 7. The summed E-state index contributed by atoms with van der Waals surface area (Å²) in [7, 11) is 0. The molecule has 0 bridgehead atoms. The normalized spacial score (nSPS) is 14.6. The Kier molecular flexibility index (Phi) is 6.88. The molecule has 1 aromatic heterocycles. The number of hydrogen-bond acceptors (Lipinski definition) is 6. The molecule has 8 nitrogen and oxygen atoms in total. The van der Waals surface area contributed by atoms with Crippen molar-refractivity contribution in [2.24, 2.45) is 0 Å². The number of carboxylic acid groups (broad SMARTS) is 1. The molecule has 3 aromatic rings. The van der Waals surface area contributed by atoms with Gasteiger partial charge in [0.1, 0.15) is 18.1 Å². The highest BCUT2D eigenvalue weighted by Crippen LogP contribution is 2.34. The lowest BCUT2D eigenvalue weighted by Gasteiger charge is -2.12. The van der Waals surface area contributed by atoms with Crippen LogP contribution in [0.3, 0.4) is 0 Å². The Bertz CT molecular complexity index is 1360. The van der Waals surface area contributed by atoms with Gasteiger partial charge in [-0.1, -0.05) is 31.2 Å². The van der Waals surface area contributed by atoms with Crippen LogP contribution in [0.25, 0.3) is 17.4 Å². The third-order valence-electron chi connectivity index (χ3n) is 5.55. The molecule has 2 N–H and O–H groups in total. The van der Waals surface area contributed by atoms with E-state index in [4.69, 9.17) is 4.42 Å². The molecule has 0 radical (unpaired) electrons. The van der Waals surface area contributed by atoms with Crippen molar-refractivity contribution in [3.05, 3.63) is 82.0 Å². The topological polar surface area (TPSA) is 117 Å². The maximum Gasteiger partial charge on any atom is 0.335 e. The van der Waals surface area contributed by atoms with E-state index in [1.54, 1.807) is 43.3 Å². The lowest BCUT2D eigenvalue weighted by atomic mass is 10.0. The number of amides is 3. The van der Waals surface area contributed by atoms with E-state index in [1.165, 1.54) is 12.1 Å². The predicted molar refractivity (Wildman–Crippen MR) is 133 cm³/mol. The number of carboxylic acids is 1. The van der Waals surface area contributed by atoms with Crippen LogP contribution in [0.15, 0.2) is 63.9 Å². The summed E-state index contributed by atoms with van der Waals surface area (Å²) in [6.45, 7) is 3.32. The minimum atomic E-state index is -1.04. The molecule has 9 heteroatoms. The number of nitrogens with one attached hydrogen (secondary N) is 1. The quantitative estimate of drug-likeness (QED) is 0.438. The highest BCUT2D eigenvalue weighted by atomic mass is 32.2. The van der Waals surface area contributed by atoms with Gasteiger partial charge in [0.15, 0.2) is 0 Å². The molecule has 0 unspecified atom stereocenters. The average molecular weight is 491 g/mol. The SMILES string of the molecule is CCc1ccc(NC(=O)CN2C(=O)S/C(=C\c3ccc(-c4cccc(C(=O)O)c4C)o3)C2=O)cc1. The summed E-state index contributed by atoms with van der Waals surface area (Å²) in [4.78, 5) is 50.0. The zero-order valence-corrected chi connectivity index (χ0v) is 19.8. The first-order valence-electron chi connectivity index (χ1n) is 10.8. The van der Waals surface area contributed by atoms with Crippen LogP contribution >= 0.6 is 11.8 Å². The Balaban J connectivity index is 1.46. The van der Waals surface area contributed by atoms with Crippen LogP contribution in [0.4, 0.5) is 10.5 Å². The number of carbonyl (C=O) groups is 4. The zero-order chi connectivity index (χ0) is 25.1. The molecule has 2 heterocycles. The number of anilines is 1. The number of hydrogen-bond donors (Lipinski definition) is 2. The van der Waals surface area contributed by atoms with Crippen molar-refractivity contribution in [1.82, 2.24) is 4.90 Å². The summed E-state index contributed by atoms with van der Waals surface area (Å²) in [5.41, 5.74) is 3.05. The fourth-order valence-corrected chi connectivity index (χ4v) is 4.46. The second-order valence-electron chi connectivity index (χ2n) is 7.85. The van der Waals surface area contributed by atoms with Crippen molar-refractivity contribution >= 4 is 46.5 Å². The van der Waals surface area contributed by atoms with Crippen LogP contribution in [0.1, 0.15) is 34.2 Å². The van der Waals surface area contributed by atoms with Crippen molar-refractivity contribution in [2.75, 3.05) is 11.9 Å². The number of imide groups is 1. The number of aromatic carboxylic acids is 1. The van der Waals surface area contributed by atoms with Gasteiger partial charge in [-0.05, 0) is 66.6 Å². The molecule has 0 atom stereocenters. The molecule has 0 saturated carbocycles. The molecule has 1 saturated heterocycles. The van der Waals surface area contributed by atoms with Gasteiger partial charge in [-0.25, -0.2) is 4.79 Å². The minimum Gasteiger partial charge on any atom is -0.478 e. The summed E-state index contributed by atoms with van der Waals surface area (Å²) < 4.78 is 5.80. The van der Waals surface area contributed by atoms with Gasteiger partial charge < -0.3 is 14.8 Å². The summed E-state index contributed by atoms with van der Waals surface area (Å²) in [5.74, 6) is -1.34. The third-order valence-corrected chi connectivity index (χ3v) is 6.46. The first-order valence-corrected chi connectivity index (χ1v) is 11.7. The summed E-state index contributed by atoms with van der Waals surface area (Å²) in [6.07, 6.45) is 2.31. The van der Waals surface area contributed by atoms with E-state index in [9.17, 15) is 24.3 Å². The Morgan fingerprint density at radius 1 is 1.09 bits per heavy atom. The maximum atomic E-state index is 12.8. The van der Waals surface area contributed by atoms with Crippen molar-refractivity contribution in [1.29, 1.82) is 0 Å². The van der Waals surface area contributed by atoms with Gasteiger partial charge in [-0.15, -0.1) is 0 Å². The van der Waals surface area contributed by atoms with Crippen molar-refractivity contribution in [2.45, 2.75) is 20.3 Å². The van der Waals surface area contributed by atoms with Crippen LogP contribution in [-0.2, 0) is 16.0 Å². The molecule has 1 aliphatic heterocycles. The highest BCUT2D eigenvalue weighted by Gasteiger charge is 2.36. The molecule has 35 heavy (non-hydrogen) atoms. The van der Waals surface area contributed by atoms with E-state index in [-0.39, 0.29) is 10.5 Å². The molecule has 178 valence electrons. The molecular weight excluding hydrogens is 468 g/mol. The standard InChI is InChI=1S/C26H22N2O6S/c1-3-16-7-9-17(10-8-16)27-23(29)14-28-24(30)22(35-26(28)33)13-18-11-12-21(34-18)19-5-4-6-20(15(19)2)25(31)32/h4-13H,3,14H2,1-2H3,(H,27,29)(H,31,32)/b22-13-. The van der Waals surface area contributed by atoms with Crippen LogP contribution in [0.2, 0.25) is 0 Å². The summed E-state index contributed by atoms with van der Waals surface area (Å²) in [6, 6.07) is 15.5.